The first-order chi connectivity index (χ1) is 13.1. The topological polar surface area (TPSA) is 64.7 Å². The fraction of sp³-hybridized carbons (Fsp3) is 0.278. The molecule has 1 amide bonds. The minimum absolute atomic E-state index is 0.138. The number of aromatic nitrogens is 4. The van der Waals surface area contributed by atoms with E-state index in [1.54, 1.807) is 31.6 Å². The van der Waals surface area contributed by atoms with Crippen LogP contribution in [0.2, 0.25) is 5.02 Å². The molecule has 0 saturated heterocycles. The number of anilines is 1. The average molecular weight is 412 g/mol. The second-order valence-corrected chi connectivity index (χ2v) is 6.73. The lowest BCUT2D eigenvalue weighted by Gasteiger charge is -2.10. The molecule has 6 nitrogen and oxygen atoms in total. The maximum absolute atomic E-state index is 12.9. The fourth-order valence-electron chi connectivity index (χ4n) is 2.89. The SMILES string of the molecule is Cc1nn(Cc2cccc(C(F)(F)F)c2)c(C)c1NC(=O)c1c(Cl)cnn1C. The summed E-state index contributed by atoms with van der Waals surface area (Å²) in [6.07, 6.45) is -3.04. The van der Waals surface area contributed by atoms with Crippen molar-refractivity contribution >= 4 is 23.2 Å². The van der Waals surface area contributed by atoms with Crippen molar-refractivity contribution in [1.82, 2.24) is 19.6 Å². The van der Waals surface area contributed by atoms with Gasteiger partial charge in [-0.15, -0.1) is 0 Å². The Bertz CT molecular complexity index is 1020. The van der Waals surface area contributed by atoms with E-state index in [9.17, 15) is 18.0 Å². The highest BCUT2D eigenvalue weighted by molar-refractivity contribution is 6.34. The van der Waals surface area contributed by atoms with Crippen LogP contribution >= 0.6 is 11.6 Å². The zero-order valence-corrected chi connectivity index (χ0v) is 16.1. The maximum Gasteiger partial charge on any atom is 0.416 e. The minimum atomic E-state index is -4.41. The fourth-order valence-corrected chi connectivity index (χ4v) is 3.14. The lowest BCUT2D eigenvalue weighted by atomic mass is 10.1. The van der Waals surface area contributed by atoms with Gasteiger partial charge in [-0.05, 0) is 31.5 Å². The largest absolute Gasteiger partial charge is 0.416 e. The van der Waals surface area contributed by atoms with E-state index in [2.05, 4.69) is 15.5 Å². The molecule has 1 N–H and O–H groups in total. The van der Waals surface area contributed by atoms with Gasteiger partial charge in [0.2, 0.25) is 0 Å². The second-order valence-electron chi connectivity index (χ2n) is 6.32. The molecule has 2 heterocycles. The monoisotopic (exact) mass is 411 g/mol. The van der Waals surface area contributed by atoms with Crippen LogP contribution in [0.4, 0.5) is 18.9 Å². The quantitative estimate of drug-likeness (QED) is 0.699. The predicted octanol–water partition coefficient (Wildman–Crippen LogP) is 4.21. The molecular formula is C18H17ClF3N5O. The van der Waals surface area contributed by atoms with Gasteiger partial charge in [0.1, 0.15) is 5.69 Å². The molecule has 3 aromatic rings. The molecule has 3 rings (SSSR count). The number of nitrogens with zero attached hydrogens (tertiary/aromatic N) is 4. The number of amides is 1. The number of aryl methyl sites for hydroxylation is 2. The summed E-state index contributed by atoms with van der Waals surface area (Å²) in [4.78, 5) is 12.5. The van der Waals surface area contributed by atoms with Crippen molar-refractivity contribution in [3.05, 3.63) is 63.7 Å². The van der Waals surface area contributed by atoms with E-state index in [0.29, 0.717) is 22.6 Å². The molecule has 0 spiro atoms. The van der Waals surface area contributed by atoms with Gasteiger partial charge in [-0.25, -0.2) is 0 Å². The lowest BCUT2D eigenvalue weighted by Crippen LogP contribution is -2.17. The van der Waals surface area contributed by atoms with Crippen molar-refractivity contribution in [3.8, 4) is 0 Å². The summed E-state index contributed by atoms with van der Waals surface area (Å²) < 4.78 is 41.6. The highest BCUT2D eigenvalue weighted by Gasteiger charge is 2.30. The van der Waals surface area contributed by atoms with Crippen LogP contribution in [0.15, 0.2) is 30.5 Å². The van der Waals surface area contributed by atoms with Crippen LogP contribution in [0.25, 0.3) is 0 Å². The summed E-state index contributed by atoms with van der Waals surface area (Å²) >= 11 is 5.99. The molecule has 0 unspecified atom stereocenters. The Kier molecular flexibility index (Phi) is 5.20. The summed E-state index contributed by atoms with van der Waals surface area (Å²) in [6, 6.07) is 5.06. The van der Waals surface area contributed by atoms with Crippen LogP contribution in [0, 0.1) is 13.8 Å². The van der Waals surface area contributed by atoms with Gasteiger partial charge in [0.25, 0.3) is 5.91 Å². The summed E-state index contributed by atoms with van der Waals surface area (Å²) in [5, 5.41) is 11.2. The number of alkyl halides is 3. The van der Waals surface area contributed by atoms with E-state index in [4.69, 9.17) is 11.6 Å². The zero-order chi connectivity index (χ0) is 20.6. The van der Waals surface area contributed by atoms with Crippen molar-refractivity contribution in [2.24, 2.45) is 7.05 Å². The van der Waals surface area contributed by atoms with Crippen molar-refractivity contribution in [1.29, 1.82) is 0 Å². The lowest BCUT2D eigenvalue weighted by molar-refractivity contribution is -0.137. The smallest absolute Gasteiger partial charge is 0.317 e. The van der Waals surface area contributed by atoms with E-state index in [1.165, 1.54) is 16.9 Å². The summed E-state index contributed by atoms with van der Waals surface area (Å²) in [7, 11) is 1.59. The van der Waals surface area contributed by atoms with Gasteiger partial charge in [-0.2, -0.15) is 23.4 Å². The first kappa shape index (κ1) is 19.9. The van der Waals surface area contributed by atoms with E-state index >= 15 is 0 Å². The van der Waals surface area contributed by atoms with Crippen LogP contribution in [0.3, 0.4) is 0 Å². The highest BCUT2D eigenvalue weighted by atomic mass is 35.5. The average Bonchev–Trinajstić information content (AvgIpc) is 3.08. The molecule has 0 saturated carbocycles. The van der Waals surface area contributed by atoms with Crippen LogP contribution < -0.4 is 5.32 Å². The Morgan fingerprint density at radius 1 is 1.29 bits per heavy atom. The molecule has 148 valence electrons. The summed E-state index contributed by atoms with van der Waals surface area (Å²) in [5.41, 5.74) is 1.57. The highest BCUT2D eigenvalue weighted by Crippen LogP contribution is 2.30. The van der Waals surface area contributed by atoms with Crippen LogP contribution in [-0.2, 0) is 19.8 Å². The number of nitrogens with one attached hydrogen (secondary N) is 1. The standard InChI is InChI=1S/C18H17ClF3N5O/c1-10-15(24-17(28)16-14(19)8-23-26(16)3)11(2)27(25-10)9-12-5-4-6-13(7-12)18(20,21)22/h4-8H,9H2,1-3H3,(H,24,28). The Morgan fingerprint density at radius 2 is 2.00 bits per heavy atom. The Balaban J connectivity index is 1.86. The van der Waals surface area contributed by atoms with Crippen LogP contribution in [0.5, 0.6) is 0 Å². The molecule has 0 atom stereocenters. The molecule has 0 aliphatic rings. The number of carbonyl (C=O) groups is 1. The van der Waals surface area contributed by atoms with Gasteiger partial charge in [0, 0.05) is 7.05 Å². The summed E-state index contributed by atoms with van der Waals surface area (Å²) in [6.45, 7) is 3.57. The van der Waals surface area contributed by atoms with Crippen LogP contribution in [-0.4, -0.2) is 25.5 Å². The first-order valence-corrected chi connectivity index (χ1v) is 8.64. The molecule has 0 radical (unpaired) electrons. The number of hydrogen-bond acceptors (Lipinski definition) is 3. The number of carbonyl (C=O) groups excluding carboxylic acids is 1. The third kappa shape index (κ3) is 3.89. The van der Waals surface area contributed by atoms with Gasteiger partial charge in [-0.3, -0.25) is 14.2 Å². The van der Waals surface area contributed by atoms with Gasteiger partial charge < -0.3 is 5.32 Å². The molecule has 28 heavy (non-hydrogen) atoms. The van der Waals surface area contributed by atoms with E-state index < -0.39 is 17.6 Å². The Hall–Kier alpha value is -2.81. The van der Waals surface area contributed by atoms with Gasteiger partial charge in [0.05, 0.1) is 40.4 Å². The van der Waals surface area contributed by atoms with Gasteiger partial charge in [0.15, 0.2) is 0 Å². The van der Waals surface area contributed by atoms with Crippen LogP contribution in [0.1, 0.15) is 33.0 Å². The van der Waals surface area contributed by atoms with E-state index in [0.717, 1.165) is 12.1 Å². The van der Waals surface area contributed by atoms with Crippen molar-refractivity contribution in [2.75, 3.05) is 5.32 Å². The molecule has 2 aromatic heterocycles. The number of halogens is 4. The third-order valence-electron chi connectivity index (χ3n) is 4.32. The third-order valence-corrected chi connectivity index (χ3v) is 4.59. The molecule has 1 aromatic carbocycles. The Labute approximate surface area is 163 Å². The Morgan fingerprint density at radius 3 is 2.61 bits per heavy atom. The molecule has 0 fully saturated rings. The first-order valence-electron chi connectivity index (χ1n) is 8.27. The molecule has 0 bridgehead atoms. The van der Waals surface area contributed by atoms with E-state index in [-0.39, 0.29) is 17.3 Å². The molecular weight excluding hydrogens is 395 g/mol. The van der Waals surface area contributed by atoms with Gasteiger partial charge in [-0.1, -0.05) is 23.7 Å². The minimum Gasteiger partial charge on any atom is -0.317 e. The summed E-state index contributed by atoms with van der Waals surface area (Å²) in [5.74, 6) is -0.449. The normalized spacial score (nSPS) is 11.7. The second kappa shape index (κ2) is 7.31. The predicted molar refractivity (Wildman–Crippen MR) is 98.4 cm³/mol. The zero-order valence-electron chi connectivity index (χ0n) is 15.3. The number of hydrogen-bond donors (Lipinski definition) is 1. The maximum atomic E-state index is 12.9. The van der Waals surface area contributed by atoms with Crippen molar-refractivity contribution in [2.45, 2.75) is 26.6 Å². The van der Waals surface area contributed by atoms with Crippen molar-refractivity contribution in [3.63, 3.8) is 0 Å². The van der Waals surface area contributed by atoms with Crippen molar-refractivity contribution < 1.29 is 18.0 Å². The van der Waals surface area contributed by atoms with Gasteiger partial charge >= 0.3 is 6.18 Å². The molecule has 0 aliphatic carbocycles. The molecule has 10 heteroatoms. The van der Waals surface area contributed by atoms with E-state index in [1.807, 2.05) is 0 Å². The number of benzene rings is 1. The molecule has 0 aliphatic heterocycles. The number of rotatable bonds is 4.